The van der Waals surface area contributed by atoms with E-state index < -0.39 is 0 Å². The normalized spacial score (nSPS) is 11.7. The summed E-state index contributed by atoms with van der Waals surface area (Å²) < 4.78 is 4.92. The molecule has 1 unspecified atom stereocenters. The first-order chi connectivity index (χ1) is 10.2. The average molecular weight is 284 g/mol. The number of anilines is 1. The van der Waals surface area contributed by atoms with Gasteiger partial charge in [-0.2, -0.15) is 0 Å². The summed E-state index contributed by atoms with van der Waals surface area (Å²) >= 11 is 0. The zero-order valence-corrected chi connectivity index (χ0v) is 12.4. The molecule has 0 fully saturated rings. The van der Waals surface area contributed by atoms with Crippen molar-refractivity contribution in [1.82, 2.24) is 4.98 Å². The fourth-order valence-corrected chi connectivity index (χ4v) is 1.99. The Morgan fingerprint density at radius 2 is 2.00 bits per heavy atom. The van der Waals surface area contributed by atoms with Gasteiger partial charge in [0, 0.05) is 12.7 Å². The van der Waals surface area contributed by atoms with E-state index in [2.05, 4.69) is 29.4 Å². The van der Waals surface area contributed by atoms with Gasteiger partial charge in [0.25, 0.3) is 0 Å². The number of carbonyl (C=O) groups excluding carboxylic acids is 1. The number of esters is 1. The van der Waals surface area contributed by atoms with Gasteiger partial charge in [-0.05, 0) is 30.5 Å². The largest absolute Gasteiger partial charge is 0.462 e. The van der Waals surface area contributed by atoms with Gasteiger partial charge >= 0.3 is 5.97 Å². The first-order valence-corrected chi connectivity index (χ1v) is 7.12. The lowest BCUT2D eigenvalue weighted by atomic mass is 10.0. The molecule has 1 aromatic heterocycles. The summed E-state index contributed by atoms with van der Waals surface area (Å²) in [6, 6.07) is 13.8. The van der Waals surface area contributed by atoms with Crippen molar-refractivity contribution in [3.63, 3.8) is 0 Å². The Morgan fingerprint density at radius 1 is 1.24 bits per heavy atom. The minimum absolute atomic E-state index is 0.339. The Hall–Kier alpha value is -2.36. The third-order valence-electron chi connectivity index (χ3n) is 3.23. The van der Waals surface area contributed by atoms with E-state index in [4.69, 9.17) is 4.74 Å². The van der Waals surface area contributed by atoms with Crippen LogP contribution in [0.2, 0.25) is 0 Å². The Kier molecular flexibility index (Phi) is 5.32. The van der Waals surface area contributed by atoms with Gasteiger partial charge in [-0.3, -0.25) is 0 Å². The number of ether oxygens (including phenoxy) is 1. The molecule has 0 spiro atoms. The standard InChI is InChI=1S/C17H20N2O2/c1-3-21-17(20)15-9-10-16(19-12-15)18-11-13(2)14-7-5-4-6-8-14/h4-10,12-13H,3,11H2,1-2H3,(H,18,19). The maximum Gasteiger partial charge on any atom is 0.339 e. The highest BCUT2D eigenvalue weighted by Gasteiger charge is 2.08. The summed E-state index contributed by atoms with van der Waals surface area (Å²) in [6.07, 6.45) is 1.54. The molecule has 1 aromatic carbocycles. The van der Waals surface area contributed by atoms with Crippen LogP contribution in [0.15, 0.2) is 48.7 Å². The van der Waals surface area contributed by atoms with Gasteiger partial charge in [0.1, 0.15) is 5.82 Å². The van der Waals surface area contributed by atoms with Crippen LogP contribution < -0.4 is 5.32 Å². The van der Waals surface area contributed by atoms with Crippen molar-refractivity contribution in [2.75, 3.05) is 18.5 Å². The van der Waals surface area contributed by atoms with Crippen molar-refractivity contribution in [2.45, 2.75) is 19.8 Å². The second kappa shape index (κ2) is 7.43. The van der Waals surface area contributed by atoms with E-state index in [9.17, 15) is 4.79 Å². The zero-order valence-electron chi connectivity index (χ0n) is 12.4. The van der Waals surface area contributed by atoms with E-state index in [0.29, 0.717) is 18.1 Å². The number of aromatic nitrogens is 1. The number of rotatable bonds is 6. The van der Waals surface area contributed by atoms with Crippen molar-refractivity contribution >= 4 is 11.8 Å². The lowest BCUT2D eigenvalue weighted by Gasteiger charge is -2.13. The van der Waals surface area contributed by atoms with E-state index in [-0.39, 0.29) is 5.97 Å². The molecule has 4 heteroatoms. The quantitative estimate of drug-likeness (QED) is 0.825. The number of carbonyl (C=O) groups is 1. The summed E-state index contributed by atoms with van der Waals surface area (Å²) in [5, 5.41) is 3.28. The van der Waals surface area contributed by atoms with Crippen LogP contribution in [-0.4, -0.2) is 24.1 Å². The number of nitrogens with one attached hydrogen (secondary N) is 1. The fraction of sp³-hybridized carbons (Fsp3) is 0.294. The van der Waals surface area contributed by atoms with Crippen molar-refractivity contribution in [3.05, 3.63) is 59.8 Å². The molecule has 1 N–H and O–H groups in total. The van der Waals surface area contributed by atoms with E-state index >= 15 is 0 Å². The molecule has 4 nitrogen and oxygen atoms in total. The van der Waals surface area contributed by atoms with Crippen LogP contribution in [-0.2, 0) is 4.74 Å². The first-order valence-electron chi connectivity index (χ1n) is 7.12. The van der Waals surface area contributed by atoms with Crippen LogP contribution in [0.1, 0.15) is 35.7 Å². The lowest BCUT2D eigenvalue weighted by Crippen LogP contribution is -2.11. The molecule has 1 heterocycles. The molecule has 1 atom stereocenters. The molecule has 0 saturated carbocycles. The van der Waals surface area contributed by atoms with Crippen molar-refractivity contribution in [3.8, 4) is 0 Å². The number of hydrogen-bond donors (Lipinski definition) is 1. The highest BCUT2D eigenvalue weighted by Crippen LogP contribution is 2.15. The summed E-state index contributed by atoms with van der Waals surface area (Å²) in [5.74, 6) is 0.803. The van der Waals surface area contributed by atoms with Gasteiger partial charge in [0.2, 0.25) is 0 Å². The molecular formula is C17H20N2O2. The van der Waals surface area contributed by atoms with Crippen LogP contribution in [0, 0.1) is 0 Å². The highest BCUT2D eigenvalue weighted by atomic mass is 16.5. The van der Waals surface area contributed by atoms with Gasteiger partial charge in [-0.15, -0.1) is 0 Å². The highest BCUT2D eigenvalue weighted by molar-refractivity contribution is 5.89. The maximum absolute atomic E-state index is 11.5. The summed E-state index contributed by atoms with van der Waals surface area (Å²) in [6.45, 7) is 5.10. The molecule has 0 radical (unpaired) electrons. The van der Waals surface area contributed by atoms with Crippen molar-refractivity contribution in [2.24, 2.45) is 0 Å². The van der Waals surface area contributed by atoms with Crippen LogP contribution in [0.5, 0.6) is 0 Å². The second-order valence-corrected chi connectivity index (χ2v) is 4.85. The van der Waals surface area contributed by atoms with E-state index in [1.807, 2.05) is 18.2 Å². The third kappa shape index (κ3) is 4.31. The third-order valence-corrected chi connectivity index (χ3v) is 3.23. The Bertz CT molecular complexity index is 567. The SMILES string of the molecule is CCOC(=O)c1ccc(NCC(C)c2ccccc2)nc1. The van der Waals surface area contributed by atoms with Crippen LogP contribution in [0.4, 0.5) is 5.82 Å². The zero-order chi connectivity index (χ0) is 15.1. The summed E-state index contributed by atoms with van der Waals surface area (Å²) in [4.78, 5) is 15.8. The van der Waals surface area contributed by atoms with Gasteiger partial charge < -0.3 is 10.1 Å². The van der Waals surface area contributed by atoms with Crippen LogP contribution in [0.3, 0.4) is 0 Å². The van der Waals surface area contributed by atoms with Crippen LogP contribution >= 0.6 is 0 Å². The molecular weight excluding hydrogens is 264 g/mol. The second-order valence-electron chi connectivity index (χ2n) is 4.85. The molecule has 0 aliphatic heterocycles. The molecule has 21 heavy (non-hydrogen) atoms. The van der Waals surface area contributed by atoms with E-state index in [1.54, 1.807) is 19.1 Å². The Morgan fingerprint density at radius 3 is 2.62 bits per heavy atom. The number of pyridine rings is 1. The topological polar surface area (TPSA) is 51.2 Å². The number of benzene rings is 1. The van der Waals surface area contributed by atoms with Gasteiger partial charge in [0.15, 0.2) is 0 Å². The van der Waals surface area contributed by atoms with E-state index in [0.717, 1.165) is 12.4 Å². The molecule has 110 valence electrons. The van der Waals surface area contributed by atoms with Gasteiger partial charge in [-0.1, -0.05) is 37.3 Å². The molecule has 2 aromatic rings. The predicted octanol–water partition coefficient (Wildman–Crippen LogP) is 3.47. The first kappa shape index (κ1) is 15.0. The van der Waals surface area contributed by atoms with Crippen LogP contribution in [0.25, 0.3) is 0 Å². The minimum Gasteiger partial charge on any atom is -0.462 e. The number of hydrogen-bond acceptors (Lipinski definition) is 4. The summed E-state index contributed by atoms with van der Waals surface area (Å²) in [5.41, 5.74) is 1.76. The van der Waals surface area contributed by atoms with Gasteiger partial charge in [0.05, 0.1) is 12.2 Å². The molecule has 0 bridgehead atoms. The Labute approximate surface area is 125 Å². The Balaban J connectivity index is 1.90. The molecule has 0 amide bonds. The molecule has 0 aliphatic carbocycles. The molecule has 2 rings (SSSR count). The molecule has 0 aliphatic rings. The monoisotopic (exact) mass is 284 g/mol. The molecule has 0 saturated heterocycles. The summed E-state index contributed by atoms with van der Waals surface area (Å²) in [7, 11) is 0. The van der Waals surface area contributed by atoms with Crippen molar-refractivity contribution in [1.29, 1.82) is 0 Å². The van der Waals surface area contributed by atoms with Crippen molar-refractivity contribution < 1.29 is 9.53 Å². The smallest absolute Gasteiger partial charge is 0.339 e. The lowest BCUT2D eigenvalue weighted by molar-refractivity contribution is 0.0526. The number of nitrogens with zero attached hydrogens (tertiary/aromatic N) is 1. The fourth-order valence-electron chi connectivity index (χ4n) is 1.99. The predicted molar refractivity (Wildman–Crippen MR) is 83.5 cm³/mol. The average Bonchev–Trinajstić information content (AvgIpc) is 2.54. The van der Waals surface area contributed by atoms with Gasteiger partial charge in [-0.25, -0.2) is 9.78 Å². The van der Waals surface area contributed by atoms with E-state index in [1.165, 1.54) is 11.8 Å². The maximum atomic E-state index is 11.5. The minimum atomic E-state index is -0.339.